The molecule has 0 bridgehead atoms. The van der Waals surface area contributed by atoms with E-state index in [0.29, 0.717) is 16.6 Å². The molecule has 0 atom stereocenters. The van der Waals surface area contributed by atoms with Gasteiger partial charge in [-0.25, -0.2) is 0 Å². The van der Waals surface area contributed by atoms with Gasteiger partial charge in [0, 0.05) is 0 Å². The van der Waals surface area contributed by atoms with Gasteiger partial charge >= 0.3 is 173 Å². The molecule has 0 aliphatic heterocycles. The number of rotatable bonds is 11. The topological polar surface area (TPSA) is 38.9 Å². The third-order valence-corrected chi connectivity index (χ3v) is 10.7. The van der Waals surface area contributed by atoms with Gasteiger partial charge in [-0.3, -0.25) is 0 Å². The molecule has 0 spiro atoms. The Labute approximate surface area is 172 Å². The van der Waals surface area contributed by atoms with E-state index in [-0.39, 0.29) is 3.43 Å². The van der Waals surface area contributed by atoms with Crippen molar-refractivity contribution < 1.29 is 8.78 Å². The number of nitrogens with two attached hydrogens (primary N) is 1. The molecule has 27 heavy (non-hydrogen) atoms. The summed E-state index contributed by atoms with van der Waals surface area (Å²) in [4.78, 5) is 4.56. The van der Waals surface area contributed by atoms with E-state index in [4.69, 9.17) is 5.73 Å². The molecule has 0 fully saturated rings. The van der Waals surface area contributed by atoms with Gasteiger partial charge in [-0.15, -0.1) is 0 Å². The van der Waals surface area contributed by atoms with Gasteiger partial charge in [0.2, 0.25) is 0 Å². The summed E-state index contributed by atoms with van der Waals surface area (Å²) in [6.07, 6.45) is 10.6. The summed E-state index contributed by atoms with van der Waals surface area (Å²) < 4.78 is 29.7. The predicted octanol–water partition coefficient (Wildman–Crippen LogP) is 6.15. The average molecular weight is 481 g/mol. The second kappa shape index (κ2) is 10.6. The van der Waals surface area contributed by atoms with Crippen molar-refractivity contribution in [2.45, 2.75) is 82.0 Å². The van der Waals surface area contributed by atoms with Crippen molar-refractivity contribution in [3.63, 3.8) is 0 Å². The van der Waals surface area contributed by atoms with Crippen LogP contribution >= 0.6 is 0 Å². The van der Waals surface area contributed by atoms with Gasteiger partial charge in [-0.05, 0) is 0 Å². The maximum atomic E-state index is 14.7. The van der Waals surface area contributed by atoms with Crippen LogP contribution in [0, 0.1) is 11.6 Å². The molecule has 2 N–H and O–H groups in total. The first-order valence-electron chi connectivity index (χ1n) is 10.3. The zero-order valence-corrected chi connectivity index (χ0v) is 19.7. The quantitative estimate of drug-likeness (QED) is 0.391. The van der Waals surface area contributed by atoms with Gasteiger partial charge in [0.25, 0.3) is 0 Å². The van der Waals surface area contributed by atoms with Crippen LogP contribution in [0.15, 0.2) is 18.2 Å². The number of anilines is 1. The monoisotopic (exact) mass is 482 g/mol. The number of halogens is 2. The Morgan fingerprint density at radius 2 is 1.52 bits per heavy atom. The Bertz CT molecular complexity index is 727. The number of fused-ring (bicyclic) bond motifs is 1. The molecule has 5 heteroatoms. The van der Waals surface area contributed by atoms with E-state index in [2.05, 4.69) is 25.8 Å². The summed E-state index contributed by atoms with van der Waals surface area (Å²) in [5.74, 6) is -1.14. The molecule has 1 aromatic carbocycles. The summed E-state index contributed by atoms with van der Waals surface area (Å²) in [5, 5.41) is 1.05. The van der Waals surface area contributed by atoms with Crippen LogP contribution < -0.4 is 9.44 Å². The molecule has 1 heterocycles. The fourth-order valence-electron chi connectivity index (χ4n) is 3.75. The molecular weight excluding hydrogens is 449 g/mol. The maximum absolute atomic E-state index is 14.7. The van der Waals surface area contributed by atoms with Crippen molar-refractivity contribution >= 4 is 41.4 Å². The Hall–Kier alpha value is -0.911. The third-order valence-electron chi connectivity index (χ3n) is 5.32. The van der Waals surface area contributed by atoms with Gasteiger partial charge in [0.15, 0.2) is 0 Å². The molecule has 2 radical (unpaired) electrons. The van der Waals surface area contributed by atoms with E-state index in [0.717, 1.165) is 23.0 Å². The number of pyridine rings is 1. The number of nitrogen functional groups attached to an aromatic ring is 1. The molecular formula is C22H32F2N2Sn. The molecule has 0 unspecified atom stereocenters. The number of benzene rings is 1. The normalized spacial score (nSPS) is 12.0. The number of aromatic nitrogens is 1. The van der Waals surface area contributed by atoms with E-state index in [1.165, 1.54) is 44.6 Å². The standard InChI is InChI=1S/C13H27.C9H5F2N2.Sn/c1-4-7-10-13(11-8-5-2)12-9-6-3;10-7-2-1-5-3-8(12)13-4-6(5)9(7)11;/h4-12H2,1-3H3;1-3H,(H2,12,13);. The van der Waals surface area contributed by atoms with Gasteiger partial charge in [0.1, 0.15) is 0 Å². The molecule has 0 saturated heterocycles. The van der Waals surface area contributed by atoms with Crippen molar-refractivity contribution in [2.75, 3.05) is 5.73 Å². The number of hydrogen-bond acceptors (Lipinski definition) is 2. The van der Waals surface area contributed by atoms with E-state index < -0.39 is 32.8 Å². The van der Waals surface area contributed by atoms with E-state index in [1.807, 2.05) is 0 Å². The Kier molecular flexibility index (Phi) is 8.77. The van der Waals surface area contributed by atoms with E-state index >= 15 is 0 Å². The van der Waals surface area contributed by atoms with Crippen molar-refractivity contribution in [3.8, 4) is 0 Å². The molecule has 2 aromatic rings. The first-order valence-corrected chi connectivity index (χ1v) is 13.1. The second-order valence-electron chi connectivity index (χ2n) is 7.57. The first kappa shape index (κ1) is 22.4. The Morgan fingerprint density at radius 1 is 0.963 bits per heavy atom. The molecule has 148 valence electrons. The van der Waals surface area contributed by atoms with Gasteiger partial charge in [-0.1, -0.05) is 0 Å². The van der Waals surface area contributed by atoms with E-state index in [1.54, 1.807) is 12.1 Å². The number of hydrogen-bond donors (Lipinski definition) is 1. The average Bonchev–Trinajstić information content (AvgIpc) is 2.65. The van der Waals surface area contributed by atoms with Crippen LogP contribution in [0.2, 0.25) is 3.43 Å². The molecule has 0 saturated carbocycles. The second-order valence-corrected chi connectivity index (χ2v) is 12.7. The van der Waals surface area contributed by atoms with Crippen molar-refractivity contribution in [3.05, 3.63) is 29.8 Å². The zero-order chi connectivity index (χ0) is 19.9. The minimum atomic E-state index is -1.30. The summed E-state index contributed by atoms with van der Waals surface area (Å²) in [6.45, 7) is 6.66. The molecule has 2 rings (SSSR count). The van der Waals surface area contributed by atoms with Crippen LogP contribution in [0.4, 0.5) is 14.6 Å². The zero-order valence-electron chi connectivity index (χ0n) is 16.9. The fourth-order valence-corrected chi connectivity index (χ4v) is 9.38. The Morgan fingerprint density at radius 3 is 2.04 bits per heavy atom. The minimum absolute atomic E-state index is 0.248. The van der Waals surface area contributed by atoms with Crippen LogP contribution in [0.3, 0.4) is 0 Å². The van der Waals surface area contributed by atoms with E-state index in [9.17, 15) is 8.78 Å². The number of nitrogens with zero attached hydrogens (tertiary/aromatic N) is 1. The molecule has 0 aliphatic carbocycles. The van der Waals surface area contributed by atoms with Crippen LogP contribution in [0.1, 0.15) is 78.6 Å². The van der Waals surface area contributed by atoms with Crippen molar-refractivity contribution in [1.29, 1.82) is 0 Å². The predicted molar refractivity (Wildman–Crippen MR) is 113 cm³/mol. The molecule has 0 amide bonds. The SMILES string of the molecule is CCCC[C](CCCC)(CCCC)[Sn][c]1nc(N)cc2ccc(F)c(F)c12. The third kappa shape index (κ3) is 5.78. The Balaban J connectivity index is 2.52. The van der Waals surface area contributed by atoms with Crippen LogP contribution in [-0.2, 0) is 0 Å². The van der Waals surface area contributed by atoms with Crippen LogP contribution in [0.25, 0.3) is 10.8 Å². The summed E-state index contributed by atoms with van der Waals surface area (Å²) in [6, 6.07) is 4.47. The molecule has 0 aliphatic rings. The van der Waals surface area contributed by atoms with Crippen molar-refractivity contribution in [2.24, 2.45) is 0 Å². The fraction of sp³-hybridized carbons (Fsp3) is 0.591. The number of unbranched alkanes of at least 4 members (excludes halogenated alkanes) is 3. The molecule has 2 nitrogen and oxygen atoms in total. The van der Waals surface area contributed by atoms with Crippen LogP contribution in [-0.4, -0.2) is 26.1 Å². The van der Waals surface area contributed by atoms with Gasteiger partial charge in [0.05, 0.1) is 0 Å². The van der Waals surface area contributed by atoms with Crippen molar-refractivity contribution in [1.82, 2.24) is 4.98 Å². The summed E-state index contributed by atoms with van der Waals surface area (Å²) >= 11 is -1.30. The summed E-state index contributed by atoms with van der Waals surface area (Å²) in [7, 11) is 0. The first-order chi connectivity index (χ1) is 13.0. The van der Waals surface area contributed by atoms with Gasteiger partial charge in [-0.2, -0.15) is 0 Å². The van der Waals surface area contributed by atoms with Gasteiger partial charge < -0.3 is 0 Å². The molecule has 1 aromatic heterocycles. The van der Waals surface area contributed by atoms with Crippen LogP contribution in [0.5, 0.6) is 0 Å². The summed E-state index contributed by atoms with van der Waals surface area (Å²) in [5.41, 5.74) is 6.03.